The highest BCUT2D eigenvalue weighted by Gasteiger charge is 2.12. The molecule has 0 atom stereocenters. The Hall–Kier alpha value is -3.02. The van der Waals surface area contributed by atoms with Gasteiger partial charge in [-0.2, -0.15) is 0 Å². The third-order valence-corrected chi connectivity index (χ3v) is 4.76. The molecule has 0 aliphatic heterocycles. The smallest absolute Gasteiger partial charge is 0.224 e. The van der Waals surface area contributed by atoms with E-state index in [2.05, 4.69) is 29.8 Å². The van der Waals surface area contributed by atoms with Crippen molar-refractivity contribution in [2.75, 3.05) is 20.8 Å². The number of nitrogens with zero attached hydrogens (tertiary/aromatic N) is 2. The van der Waals surface area contributed by atoms with E-state index in [1.807, 2.05) is 36.4 Å². The number of rotatable bonds is 9. The number of fused-ring (bicyclic) bond motifs is 1. The normalized spacial score (nSPS) is 11.1. The Morgan fingerprint density at radius 1 is 1.10 bits per heavy atom. The molecule has 0 spiro atoms. The molecule has 0 saturated heterocycles. The Bertz CT molecular complexity index is 979. The van der Waals surface area contributed by atoms with Crippen LogP contribution in [0.2, 0.25) is 0 Å². The van der Waals surface area contributed by atoms with Crippen LogP contribution in [-0.4, -0.2) is 36.2 Å². The molecule has 1 N–H and O–H groups in total. The quantitative estimate of drug-likeness (QED) is 0.601. The molecule has 0 bridgehead atoms. The molecular formula is C23H29N3O3. The van der Waals surface area contributed by atoms with Crippen LogP contribution in [0.5, 0.6) is 11.5 Å². The number of methoxy groups -OCH3 is 2. The van der Waals surface area contributed by atoms with Gasteiger partial charge in [-0.3, -0.25) is 4.79 Å². The van der Waals surface area contributed by atoms with Gasteiger partial charge in [0.05, 0.1) is 31.7 Å². The first-order chi connectivity index (χ1) is 14.0. The molecule has 154 valence electrons. The highest BCUT2D eigenvalue weighted by atomic mass is 16.5. The third-order valence-electron chi connectivity index (χ3n) is 4.76. The molecule has 0 saturated carbocycles. The second-order valence-corrected chi connectivity index (χ2v) is 7.49. The summed E-state index contributed by atoms with van der Waals surface area (Å²) in [5.41, 5.74) is 3.03. The molecule has 6 nitrogen and oxygen atoms in total. The average Bonchev–Trinajstić information content (AvgIpc) is 3.04. The molecule has 2 aromatic carbocycles. The monoisotopic (exact) mass is 395 g/mol. The van der Waals surface area contributed by atoms with Gasteiger partial charge < -0.3 is 19.4 Å². The van der Waals surface area contributed by atoms with Crippen LogP contribution in [-0.2, 0) is 24.2 Å². The van der Waals surface area contributed by atoms with Gasteiger partial charge in [-0.25, -0.2) is 4.98 Å². The van der Waals surface area contributed by atoms with Crippen molar-refractivity contribution in [3.8, 4) is 11.5 Å². The summed E-state index contributed by atoms with van der Waals surface area (Å²) in [5, 5.41) is 3.01. The molecule has 0 fully saturated rings. The standard InChI is InChI=1S/C23H29N3O3/c1-16(2)15-26-19-8-6-5-7-18(19)25-22(26)11-12-24-23(27)14-17-9-10-20(28-3)21(13-17)29-4/h5-10,13,16H,11-12,14-15H2,1-4H3,(H,24,27). The number of hydrogen-bond acceptors (Lipinski definition) is 4. The molecule has 6 heteroatoms. The Morgan fingerprint density at radius 2 is 1.86 bits per heavy atom. The van der Waals surface area contributed by atoms with Crippen molar-refractivity contribution in [2.45, 2.75) is 33.2 Å². The highest BCUT2D eigenvalue weighted by molar-refractivity contribution is 5.79. The van der Waals surface area contributed by atoms with Crippen molar-refractivity contribution in [2.24, 2.45) is 5.92 Å². The average molecular weight is 396 g/mol. The molecule has 0 unspecified atom stereocenters. The molecule has 0 aliphatic rings. The van der Waals surface area contributed by atoms with Gasteiger partial charge in [-0.15, -0.1) is 0 Å². The van der Waals surface area contributed by atoms with E-state index in [0.717, 1.165) is 29.0 Å². The fraction of sp³-hybridized carbons (Fsp3) is 0.391. The molecular weight excluding hydrogens is 366 g/mol. The summed E-state index contributed by atoms with van der Waals surface area (Å²) in [6.45, 7) is 5.86. The summed E-state index contributed by atoms with van der Waals surface area (Å²) in [7, 11) is 3.18. The molecule has 3 aromatic rings. The van der Waals surface area contributed by atoms with Gasteiger partial charge in [0, 0.05) is 19.5 Å². The van der Waals surface area contributed by atoms with Crippen LogP contribution in [0.25, 0.3) is 11.0 Å². The Labute approximate surface area is 171 Å². The number of hydrogen-bond donors (Lipinski definition) is 1. The van der Waals surface area contributed by atoms with Crippen LogP contribution in [0, 0.1) is 5.92 Å². The van der Waals surface area contributed by atoms with Crippen LogP contribution < -0.4 is 14.8 Å². The predicted octanol–water partition coefficient (Wildman–Crippen LogP) is 3.61. The van der Waals surface area contributed by atoms with E-state index in [0.29, 0.717) is 36.8 Å². The van der Waals surface area contributed by atoms with E-state index in [1.54, 1.807) is 14.2 Å². The second kappa shape index (κ2) is 9.45. The number of benzene rings is 2. The maximum absolute atomic E-state index is 12.4. The van der Waals surface area contributed by atoms with Crippen molar-refractivity contribution in [3.63, 3.8) is 0 Å². The lowest BCUT2D eigenvalue weighted by molar-refractivity contribution is -0.120. The van der Waals surface area contributed by atoms with Crippen molar-refractivity contribution >= 4 is 16.9 Å². The Morgan fingerprint density at radius 3 is 2.59 bits per heavy atom. The molecule has 0 aliphatic carbocycles. The predicted molar refractivity (Wildman–Crippen MR) is 115 cm³/mol. The number of carbonyl (C=O) groups is 1. The van der Waals surface area contributed by atoms with E-state index in [-0.39, 0.29) is 5.91 Å². The minimum absolute atomic E-state index is 0.0243. The topological polar surface area (TPSA) is 65.4 Å². The number of carbonyl (C=O) groups excluding carboxylic acids is 1. The minimum atomic E-state index is -0.0243. The third kappa shape index (κ3) is 5.08. The summed E-state index contributed by atoms with van der Waals surface area (Å²) in [6, 6.07) is 13.7. The molecule has 1 aromatic heterocycles. The SMILES string of the molecule is COc1ccc(CC(=O)NCCc2nc3ccccc3n2CC(C)C)cc1OC. The zero-order valence-electron chi connectivity index (χ0n) is 17.6. The molecule has 3 rings (SSSR count). The van der Waals surface area contributed by atoms with Crippen LogP contribution >= 0.6 is 0 Å². The first-order valence-electron chi connectivity index (χ1n) is 9.93. The number of nitrogens with one attached hydrogen (secondary N) is 1. The fourth-order valence-corrected chi connectivity index (χ4v) is 3.44. The van der Waals surface area contributed by atoms with E-state index in [9.17, 15) is 4.79 Å². The zero-order valence-corrected chi connectivity index (χ0v) is 17.6. The van der Waals surface area contributed by atoms with E-state index in [4.69, 9.17) is 14.5 Å². The van der Waals surface area contributed by atoms with Crippen LogP contribution in [0.1, 0.15) is 25.2 Å². The Kier molecular flexibility index (Phi) is 6.75. The summed E-state index contributed by atoms with van der Waals surface area (Å²) < 4.78 is 12.8. The van der Waals surface area contributed by atoms with Gasteiger partial charge in [-0.1, -0.05) is 32.0 Å². The maximum Gasteiger partial charge on any atom is 0.224 e. The minimum Gasteiger partial charge on any atom is -0.493 e. The number of aromatic nitrogens is 2. The van der Waals surface area contributed by atoms with Crippen LogP contribution in [0.3, 0.4) is 0 Å². The van der Waals surface area contributed by atoms with Gasteiger partial charge in [0.2, 0.25) is 5.91 Å². The largest absolute Gasteiger partial charge is 0.493 e. The Balaban J connectivity index is 1.62. The zero-order chi connectivity index (χ0) is 20.8. The summed E-state index contributed by atoms with van der Waals surface area (Å²) >= 11 is 0. The van der Waals surface area contributed by atoms with Crippen molar-refractivity contribution in [1.82, 2.24) is 14.9 Å². The second-order valence-electron chi connectivity index (χ2n) is 7.49. The summed E-state index contributed by atoms with van der Waals surface area (Å²) in [4.78, 5) is 17.2. The summed E-state index contributed by atoms with van der Waals surface area (Å²) in [6.07, 6.45) is 0.988. The van der Waals surface area contributed by atoms with Crippen LogP contribution in [0.4, 0.5) is 0 Å². The molecule has 0 radical (unpaired) electrons. The fourth-order valence-electron chi connectivity index (χ4n) is 3.44. The lowest BCUT2D eigenvalue weighted by atomic mass is 10.1. The van der Waals surface area contributed by atoms with Gasteiger partial charge in [0.1, 0.15) is 5.82 Å². The molecule has 1 amide bonds. The van der Waals surface area contributed by atoms with Gasteiger partial charge in [0.25, 0.3) is 0 Å². The van der Waals surface area contributed by atoms with Crippen molar-refractivity contribution in [1.29, 1.82) is 0 Å². The van der Waals surface area contributed by atoms with Gasteiger partial charge in [-0.05, 0) is 35.7 Å². The molecule has 1 heterocycles. The van der Waals surface area contributed by atoms with Crippen LogP contribution in [0.15, 0.2) is 42.5 Å². The first-order valence-corrected chi connectivity index (χ1v) is 9.93. The lowest BCUT2D eigenvalue weighted by Crippen LogP contribution is -2.28. The van der Waals surface area contributed by atoms with Crippen molar-refractivity contribution < 1.29 is 14.3 Å². The molecule has 29 heavy (non-hydrogen) atoms. The number of para-hydroxylation sites is 2. The van der Waals surface area contributed by atoms with E-state index >= 15 is 0 Å². The number of ether oxygens (including phenoxy) is 2. The number of amides is 1. The van der Waals surface area contributed by atoms with E-state index < -0.39 is 0 Å². The van der Waals surface area contributed by atoms with Crippen molar-refractivity contribution in [3.05, 3.63) is 53.9 Å². The maximum atomic E-state index is 12.4. The first kappa shape index (κ1) is 20.7. The highest BCUT2D eigenvalue weighted by Crippen LogP contribution is 2.27. The van der Waals surface area contributed by atoms with Gasteiger partial charge in [0.15, 0.2) is 11.5 Å². The lowest BCUT2D eigenvalue weighted by Gasteiger charge is -2.12. The van der Waals surface area contributed by atoms with Gasteiger partial charge >= 0.3 is 0 Å². The number of imidazole rings is 1. The summed E-state index contributed by atoms with van der Waals surface area (Å²) in [5.74, 6) is 2.78. The van der Waals surface area contributed by atoms with E-state index in [1.165, 1.54) is 0 Å².